The molecule has 0 fully saturated rings. The van der Waals surface area contributed by atoms with Gasteiger partial charge in [-0.15, -0.1) is 0 Å². The molecule has 1 N–H and O–H groups in total. The molecule has 1 unspecified atom stereocenters. The SMILES string of the molecule is CCC(=O)C(Cc1ccccn1)NC(=O)OC. The molecule has 0 radical (unpaired) electrons. The van der Waals surface area contributed by atoms with Crippen LogP contribution in [0.2, 0.25) is 0 Å². The summed E-state index contributed by atoms with van der Waals surface area (Å²) < 4.78 is 4.49. The first-order chi connectivity index (χ1) is 8.17. The van der Waals surface area contributed by atoms with Gasteiger partial charge < -0.3 is 10.1 Å². The highest BCUT2D eigenvalue weighted by Crippen LogP contribution is 2.03. The molecule has 1 aromatic heterocycles. The number of pyridine rings is 1. The van der Waals surface area contributed by atoms with Crippen LogP contribution < -0.4 is 5.32 Å². The lowest BCUT2D eigenvalue weighted by atomic mass is 10.0. The van der Waals surface area contributed by atoms with Crippen molar-refractivity contribution in [2.75, 3.05) is 7.11 Å². The van der Waals surface area contributed by atoms with E-state index in [0.717, 1.165) is 5.69 Å². The van der Waals surface area contributed by atoms with Gasteiger partial charge in [0.05, 0.1) is 13.2 Å². The van der Waals surface area contributed by atoms with Gasteiger partial charge in [0.15, 0.2) is 5.78 Å². The van der Waals surface area contributed by atoms with E-state index >= 15 is 0 Å². The van der Waals surface area contributed by atoms with Crippen LogP contribution in [-0.4, -0.2) is 30.0 Å². The maximum Gasteiger partial charge on any atom is 0.407 e. The van der Waals surface area contributed by atoms with Crippen LogP contribution in [0, 0.1) is 0 Å². The van der Waals surface area contributed by atoms with Crippen molar-refractivity contribution in [3.8, 4) is 0 Å². The Hall–Kier alpha value is -1.91. The molecule has 5 heteroatoms. The molecular weight excluding hydrogens is 220 g/mol. The van der Waals surface area contributed by atoms with Crippen LogP contribution in [0.1, 0.15) is 19.0 Å². The average Bonchev–Trinajstić information content (AvgIpc) is 2.38. The number of hydrogen-bond donors (Lipinski definition) is 1. The molecular formula is C12H16N2O3. The first-order valence-electron chi connectivity index (χ1n) is 5.44. The van der Waals surface area contributed by atoms with E-state index in [1.165, 1.54) is 7.11 Å². The van der Waals surface area contributed by atoms with Gasteiger partial charge in [0.25, 0.3) is 0 Å². The zero-order chi connectivity index (χ0) is 12.7. The van der Waals surface area contributed by atoms with Gasteiger partial charge in [-0.1, -0.05) is 13.0 Å². The Morgan fingerprint density at radius 2 is 2.24 bits per heavy atom. The van der Waals surface area contributed by atoms with E-state index in [9.17, 15) is 9.59 Å². The third-order valence-corrected chi connectivity index (χ3v) is 2.35. The van der Waals surface area contributed by atoms with Gasteiger partial charge in [-0.2, -0.15) is 0 Å². The van der Waals surface area contributed by atoms with Gasteiger partial charge in [-0.3, -0.25) is 9.78 Å². The van der Waals surface area contributed by atoms with E-state index in [4.69, 9.17) is 0 Å². The monoisotopic (exact) mass is 236 g/mol. The molecule has 1 heterocycles. The van der Waals surface area contributed by atoms with Crippen molar-refractivity contribution >= 4 is 11.9 Å². The lowest BCUT2D eigenvalue weighted by molar-refractivity contribution is -0.120. The minimum Gasteiger partial charge on any atom is -0.453 e. The molecule has 0 aliphatic heterocycles. The third-order valence-electron chi connectivity index (χ3n) is 2.35. The smallest absolute Gasteiger partial charge is 0.407 e. The molecule has 1 amide bonds. The predicted molar refractivity (Wildman–Crippen MR) is 62.6 cm³/mol. The first-order valence-corrected chi connectivity index (χ1v) is 5.44. The zero-order valence-electron chi connectivity index (χ0n) is 9.97. The summed E-state index contributed by atoms with van der Waals surface area (Å²) in [5, 5.41) is 2.52. The van der Waals surface area contributed by atoms with Crippen LogP contribution in [-0.2, 0) is 16.0 Å². The second-order valence-electron chi connectivity index (χ2n) is 3.53. The quantitative estimate of drug-likeness (QED) is 0.837. The number of nitrogens with one attached hydrogen (secondary N) is 1. The van der Waals surface area contributed by atoms with E-state index in [0.29, 0.717) is 12.8 Å². The topological polar surface area (TPSA) is 68.3 Å². The minimum atomic E-state index is -0.604. The number of amides is 1. The second-order valence-corrected chi connectivity index (χ2v) is 3.53. The number of hydrogen-bond acceptors (Lipinski definition) is 4. The van der Waals surface area contributed by atoms with Crippen molar-refractivity contribution in [3.05, 3.63) is 30.1 Å². The van der Waals surface area contributed by atoms with Crippen LogP contribution in [0.3, 0.4) is 0 Å². The summed E-state index contributed by atoms with van der Waals surface area (Å²) in [7, 11) is 1.27. The zero-order valence-corrected chi connectivity index (χ0v) is 9.97. The summed E-state index contributed by atoms with van der Waals surface area (Å²) in [4.78, 5) is 26.9. The van der Waals surface area contributed by atoms with E-state index in [2.05, 4.69) is 15.0 Å². The number of carbonyl (C=O) groups excluding carboxylic acids is 2. The molecule has 5 nitrogen and oxygen atoms in total. The Kier molecular flexibility index (Phi) is 5.13. The molecule has 0 bridgehead atoms. The van der Waals surface area contributed by atoms with Gasteiger partial charge >= 0.3 is 6.09 Å². The summed E-state index contributed by atoms with van der Waals surface area (Å²) in [6, 6.07) is 4.87. The van der Waals surface area contributed by atoms with Crippen LogP contribution in [0.25, 0.3) is 0 Å². The average molecular weight is 236 g/mol. The molecule has 0 aliphatic rings. The number of alkyl carbamates (subject to hydrolysis) is 1. The maximum absolute atomic E-state index is 11.7. The fourth-order valence-corrected chi connectivity index (χ4v) is 1.42. The number of aromatic nitrogens is 1. The number of Topliss-reactive ketones (excluding diaryl/α,β-unsaturated/α-hetero) is 1. The number of rotatable bonds is 5. The molecule has 0 saturated carbocycles. The second kappa shape index (κ2) is 6.62. The number of ketones is 1. The fourth-order valence-electron chi connectivity index (χ4n) is 1.42. The Morgan fingerprint density at radius 1 is 1.47 bits per heavy atom. The summed E-state index contributed by atoms with van der Waals surface area (Å²) in [6.07, 6.45) is 1.79. The summed E-state index contributed by atoms with van der Waals surface area (Å²) in [5.41, 5.74) is 0.760. The van der Waals surface area contributed by atoms with Gasteiger partial charge in [-0.25, -0.2) is 4.79 Å². The van der Waals surface area contributed by atoms with Gasteiger partial charge in [0.1, 0.15) is 0 Å². The number of ether oxygens (including phenoxy) is 1. The van der Waals surface area contributed by atoms with Gasteiger partial charge in [0.2, 0.25) is 0 Å². The van der Waals surface area contributed by atoms with Crippen molar-refractivity contribution < 1.29 is 14.3 Å². The standard InChI is InChI=1S/C12H16N2O3/c1-3-11(15)10(14-12(16)17-2)8-9-6-4-5-7-13-9/h4-7,10H,3,8H2,1-2H3,(H,14,16). The highest BCUT2D eigenvalue weighted by molar-refractivity contribution is 5.87. The number of carbonyl (C=O) groups is 2. The highest BCUT2D eigenvalue weighted by atomic mass is 16.5. The van der Waals surface area contributed by atoms with Gasteiger partial charge in [0, 0.05) is 24.7 Å². The van der Waals surface area contributed by atoms with Gasteiger partial charge in [-0.05, 0) is 12.1 Å². The molecule has 0 aliphatic carbocycles. The van der Waals surface area contributed by atoms with Crippen molar-refractivity contribution in [2.45, 2.75) is 25.8 Å². The molecule has 1 atom stereocenters. The predicted octanol–water partition coefficient (Wildman–Crippen LogP) is 1.33. The number of methoxy groups -OCH3 is 1. The van der Waals surface area contributed by atoms with E-state index in [1.807, 2.05) is 12.1 Å². The Bertz CT molecular complexity index is 379. The van der Waals surface area contributed by atoms with Crippen molar-refractivity contribution in [1.29, 1.82) is 0 Å². The molecule has 92 valence electrons. The molecule has 1 aromatic rings. The summed E-state index contributed by atoms with van der Waals surface area (Å²) >= 11 is 0. The van der Waals surface area contributed by atoms with Crippen LogP contribution in [0.15, 0.2) is 24.4 Å². The van der Waals surface area contributed by atoms with Crippen molar-refractivity contribution in [1.82, 2.24) is 10.3 Å². The lowest BCUT2D eigenvalue weighted by Gasteiger charge is -2.15. The van der Waals surface area contributed by atoms with Crippen LogP contribution in [0.5, 0.6) is 0 Å². The normalized spacial score (nSPS) is 11.6. The van der Waals surface area contributed by atoms with E-state index in [1.54, 1.807) is 19.2 Å². The molecule has 0 aromatic carbocycles. The Morgan fingerprint density at radius 3 is 2.76 bits per heavy atom. The molecule has 0 saturated heterocycles. The Labute approximate surface area is 100 Å². The third kappa shape index (κ3) is 4.22. The summed E-state index contributed by atoms with van der Waals surface area (Å²) in [6.45, 7) is 1.76. The first kappa shape index (κ1) is 13.2. The van der Waals surface area contributed by atoms with Crippen molar-refractivity contribution in [3.63, 3.8) is 0 Å². The minimum absolute atomic E-state index is 0.0407. The summed E-state index contributed by atoms with van der Waals surface area (Å²) in [5.74, 6) is -0.0407. The molecule has 1 rings (SSSR count). The largest absolute Gasteiger partial charge is 0.453 e. The van der Waals surface area contributed by atoms with Crippen LogP contribution >= 0.6 is 0 Å². The lowest BCUT2D eigenvalue weighted by Crippen LogP contribution is -2.42. The maximum atomic E-state index is 11.7. The Balaban J connectivity index is 2.70. The molecule has 0 spiro atoms. The van der Waals surface area contributed by atoms with E-state index < -0.39 is 12.1 Å². The number of nitrogens with zero attached hydrogens (tertiary/aromatic N) is 1. The molecule has 17 heavy (non-hydrogen) atoms. The van der Waals surface area contributed by atoms with Crippen molar-refractivity contribution in [2.24, 2.45) is 0 Å². The van der Waals surface area contributed by atoms with Crippen LogP contribution in [0.4, 0.5) is 4.79 Å². The highest BCUT2D eigenvalue weighted by Gasteiger charge is 2.20. The fraction of sp³-hybridized carbons (Fsp3) is 0.417. The van der Waals surface area contributed by atoms with E-state index in [-0.39, 0.29) is 5.78 Å².